The molecule has 0 atom stereocenters. The van der Waals surface area contributed by atoms with Gasteiger partial charge >= 0.3 is 118 Å². The molecule has 0 fully saturated rings. The molecule has 0 aliphatic rings. The van der Waals surface area contributed by atoms with Crippen molar-refractivity contribution in [3.63, 3.8) is 0 Å². The Labute approximate surface area is 483 Å². The molecular formula is C30H25N7Na4O21S6. The number of phenolic OH excluding ortho intramolecular Hbond substituents is 2. The number of aromatic hydroxyl groups is 2. The van der Waals surface area contributed by atoms with Gasteiger partial charge in [0.05, 0.1) is 55.7 Å². The van der Waals surface area contributed by atoms with Gasteiger partial charge < -0.3 is 35.1 Å². The van der Waals surface area contributed by atoms with E-state index in [0.29, 0.717) is 18.2 Å². The summed E-state index contributed by atoms with van der Waals surface area (Å²) in [6.07, 6.45) is 0. The molecule has 38 heteroatoms. The standard InChI is InChI=1S/C30H29N7O21S6.4Na/c1-17(38)31-22-13-26(30(64(50,51)52)15-23(22)34-32-18-2-4-19(5-3-18)61(43,44)10-8-53-59-57-55-41)37-36-25-14-24(27(39)16-28(25)40)35-33-21-7-6-20(12-29(21)63(47,48)49)62(45,46)11-9-54-60-58-56-42;;;;/h2-7,12-16,39-42H,8-11H2,1H3,(H,31,38)(H,47,48,49)(H,50,51,52);;;;/q;4*+1/p-4. The summed E-state index contributed by atoms with van der Waals surface area (Å²) in [4.78, 5) is 9.00. The zero-order valence-electron chi connectivity index (χ0n) is 35.5. The van der Waals surface area contributed by atoms with Crippen molar-refractivity contribution in [2.45, 2.75) is 26.5 Å². The van der Waals surface area contributed by atoms with Crippen molar-refractivity contribution in [3.8, 4) is 11.5 Å². The molecule has 0 aliphatic heterocycles. The zero-order valence-corrected chi connectivity index (χ0v) is 48.4. The van der Waals surface area contributed by atoms with Gasteiger partial charge in [-0.05, 0) is 54.6 Å². The predicted octanol–water partition coefficient (Wildman–Crippen LogP) is -8.72. The topological polar surface area (TPSA) is 428 Å². The first-order valence-corrected chi connectivity index (χ1v) is 23.9. The molecule has 28 nitrogen and oxygen atoms in total. The summed E-state index contributed by atoms with van der Waals surface area (Å²) in [5.41, 5.74) is -3.29. The molecule has 0 saturated carbocycles. The minimum absolute atomic E-state index is 0. The molecule has 346 valence electrons. The summed E-state index contributed by atoms with van der Waals surface area (Å²) >= 11 is 0.136. The second kappa shape index (κ2) is 30.8. The van der Waals surface area contributed by atoms with Crippen molar-refractivity contribution in [1.82, 2.24) is 0 Å². The molecular weight excluding hydrogens is 1080 g/mol. The molecule has 1 amide bonds. The summed E-state index contributed by atoms with van der Waals surface area (Å²) in [6, 6.07) is 9.84. The van der Waals surface area contributed by atoms with Crippen LogP contribution in [0.1, 0.15) is 6.92 Å². The fraction of sp³-hybridized carbons (Fsp3) is 0.167. The van der Waals surface area contributed by atoms with E-state index in [1.54, 1.807) is 0 Å². The number of carbonyl (C=O) groups is 1. The Bertz CT molecular complexity index is 2910. The first-order chi connectivity index (χ1) is 30.1. The molecule has 4 aromatic rings. The summed E-state index contributed by atoms with van der Waals surface area (Å²) in [5.74, 6) is -3.67. The van der Waals surface area contributed by atoms with Gasteiger partial charge in [0.2, 0.25) is 5.91 Å². The van der Waals surface area contributed by atoms with Gasteiger partial charge in [0.15, 0.2) is 44.3 Å². The number of sulfone groups is 2. The number of azo groups is 3. The van der Waals surface area contributed by atoms with Crippen molar-refractivity contribution in [3.05, 3.63) is 66.7 Å². The SMILES string of the molecule is CC(=O)Nc1cc(N=Nc2cc(N=Nc3ccc(S(=O)(=O)CCOSOO[O-])cc3S(=O)(=O)[O-])c(O)cc2O)c(S(=O)(=O)[O-])cc1N=Nc1ccc(S(=O)(=O)CCOSOO[O-])cc1.[Na+].[Na+].[Na+].[Na+]. The summed E-state index contributed by atoms with van der Waals surface area (Å²) in [7, 11) is -19.1. The smallest absolute Gasteiger partial charge is 0.744 e. The molecule has 3 N–H and O–H groups in total. The first kappa shape index (κ1) is 66.9. The molecule has 0 aromatic heterocycles. The Kier molecular flexibility index (Phi) is 30.3. The van der Waals surface area contributed by atoms with Gasteiger partial charge in [0.25, 0.3) is 0 Å². The van der Waals surface area contributed by atoms with Crippen LogP contribution in [0.5, 0.6) is 11.5 Å². The van der Waals surface area contributed by atoms with Gasteiger partial charge in [-0.1, -0.05) is 0 Å². The summed E-state index contributed by atoms with van der Waals surface area (Å²) in [6.45, 7) is 0.103. The Morgan fingerprint density at radius 1 is 0.574 bits per heavy atom. The van der Waals surface area contributed by atoms with Gasteiger partial charge in [-0.25, -0.2) is 33.7 Å². The zero-order chi connectivity index (χ0) is 47.3. The average molecular weight is 1100 g/mol. The molecule has 0 heterocycles. The largest absolute Gasteiger partial charge is 1.00 e. The van der Waals surface area contributed by atoms with Crippen LogP contribution in [0, 0.1) is 0 Å². The van der Waals surface area contributed by atoms with Crippen molar-refractivity contribution in [2.24, 2.45) is 30.7 Å². The Morgan fingerprint density at radius 2 is 1.01 bits per heavy atom. The van der Waals surface area contributed by atoms with Gasteiger partial charge in [-0.3, -0.25) is 23.2 Å². The number of carbonyl (C=O) groups excluding carboxylic acids is 1. The van der Waals surface area contributed by atoms with Gasteiger partial charge in [-0.2, -0.15) is 5.11 Å². The second-order valence-corrected chi connectivity index (χ2v) is 19.6. The molecule has 0 radical (unpaired) electrons. The van der Waals surface area contributed by atoms with Crippen LogP contribution in [0.4, 0.5) is 39.8 Å². The summed E-state index contributed by atoms with van der Waals surface area (Å²) < 4.78 is 141. The Morgan fingerprint density at radius 3 is 1.50 bits per heavy atom. The maximum Gasteiger partial charge on any atom is 1.00 e. The van der Waals surface area contributed by atoms with Crippen LogP contribution >= 0.6 is 24.6 Å². The maximum absolute atomic E-state index is 12.7. The van der Waals surface area contributed by atoms with Crippen LogP contribution in [0.25, 0.3) is 0 Å². The normalized spacial score (nSPS) is 12.0. The van der Waals surface area contributed by atoms with Crippen molar-refractivity contribution >= 4 is 110 Å². The molecule has 0 bridgehead atoms. The molecule has 68 heavy (non-hydrogen) atoms. The fourth-order valence-electron chi connectivity index (χ4n) is 4.59. The monoisotopic (exact) mass is 1100 g/mol. The average Bonchev–Trinajstić information content (AvgIpc) is 3.21. The van der Waals surface area contributed by atoms with E-state index < -0.39 is 119 Å². The molecule has 4 rings (SSSR count). The maximum atomic E-state index is 12.7. The van der Waals surface area contributed by atoms with Crippen LogP contribution in [-0.2, 0) is 71.8 Å². The Hall–Kier alpha value is -1.15. The minimum Gasteiger partial charge on any atom is -0.744 e. The van der Waals surface area contributed by atoms with E-state index >= 15 is 0 Å². The number of benzene rings is 4. The second-order valence-electron chi connectivity index (χ2n) is 11.7. The summed E-state index contributed by atoms with van der Waals surface area (Å²) in [5, 5.41) is 71.3. The van der Waals surface area contributed by atoms with Crippen LogP contribution in [0.3, 0.4) is 0 Å². The number of nitrogens with one attached hydrogen (secondary N) is 1. The molecule has 0 unspecified atom stereocenters. The van der Waals surface area contributed by atoms with Crippen LogP contribution in [-0.4, -0.2) is 83.6 Å². The van der Waals surface area contributed by atoms with Crippen molar-refractivity contribution < 1.29 is 214 Å². The quantitative estimate of drug-likeness (QED) is 0.0118. The molecule has 0 spiro atoms. The van der Waals surface area contributed by atoms with E-state index in [-0.39, 0.29) is 166 Å². The van der Waals surface area contributed by atoms with E-state index in [1.165, 1.54) is 12.1 Å². The van der Waals surface area contributed by atoms with E-state index in [9.17, 15) is 68.3 Å². The van der Waals surface area contributed by atoms with Gasteiger partial charge in [0, 0.05) is 19.1 Å². The van der Waals surface area contributed by atoms with Gasteiger partial charge in [-0.15, -0.1) is 34.2 Å². The van der Waals surface area contributed by atoms with Crippen LogP contribution < -0.4 is 134 Å². The number of amides is 1. The molecule has 4 aromatic carbocycles. The fourth-order valence-corrected chi connectivity index (χ4v) is 8.76. The first-order valence-electron chi connectivity index (χ1n) is 16.4. The number of phenols is 2. The van der Waals surface area contributed by atoms with E-state index in [2.05, 4.69) is 58.9 Å². The molecule has 0 aliphatic carbocycles. The predicted molar refractivity (Wildman–Crippen MR) is 207 cm³/mol. The number of hydrogen-bond acceptors (Lipinski definition) is 29. The van der Waals surface area contributed by atoms with Crippen LogP contribution in [0.2, 0.25) is 0 Å². The third-order valence-electron chi connectivity index (χ3n) is 7.37. The van der Waals surface area contributed by atoms with Crippen molar-refractivity contribution in [1.29, 1.82) is 0 Å². The number of anilines is 1. The van der Waals surface area contributed by atoms with Crippen molar-refractivity contribution in [2.75, 3.05) is 30.0 Å². The molecule has 0 saturated heterocycles. The van der Waals surface area contributed by atoms with E-state index in [1.807, 2.05) is 0 Å². The van der Waals surface area contributed by atoms with E-state index in [4.69, 9.17) is 4.18 Å². The van der Waals surface area contributed by atoms with Gasteiger partial charge in [0.1, 0.15) is 60.2 Å². The minimum atomic E-state index is -5.44. The number of nitrogens with zero attached hydrogens (tertiary/aromatic N) is 6. The third kappa shape index (κ3) is 20.8. The number of hydrogen-bond donors (Lipinski definition) is 3. The van der Waals surface area contributed by atoms with E-state index in [0.717, 1.165) is 43.3 Å². The third-order valence-corrected chi connectivity index (χ3v) is 13.2. The Balaban J connectivity index is 0.0000112. The van der Waals surface area contributed by atoms with Crippen LogP contribution in [0.15, 0.2) is 117 Å². The number of rotatable bonds is 23.